The summed E-state index contributed by atoms with van der Waals surface area (Å²) in [5.41, 5.74) is 3.00. The van der Waals surface area contributed by atoms with Crippen LogP contribution in [0, 0.1) is 5.82 Å². The van der Waals surface area contributed by atoms with E-state index in [0.29, 0.717) is 24.5 Å². The number of hydrogen-bond donors (Lipinski definition) is 1. The number of benzene rings is 1. The van der Waals surface area contributed by atoms with Crippen molar-refractivity contribution in [1.82, 2.24) is 20.1 Å². The highest BCUT2D eigenvalue weighted by Crippen LogP contribution is 2.32. The first-order chi connectivity index (χ1) is 16.5. The van der Waals surface area contributed by atoms with Crippen LogP contribution in [0.2, 0.25) is 0 Å². The lowest BCUT2D eigenvalue weighted by molar-refractivity contribution is -0.119. The van der Waals surface area contributed by atoms with Gasteiger partial charge in [0.15, 0.2) is 0 Å². The molecule has 2 aromatic heterocycles. The van der Waals surface area contributed by atoms with Crippen LogP contribution in [0.25, 0.3) is 11.1 Å². The summed E-state index contributed by atoms with van der Waals surface area (Å²) in [6, 6.07) is 8.81. The smallest absolute Gasteiger partial charge is 0.414 e. The van der Waals surface area contributed by atoms with Crippen molar-refractivity contribution in [2.45, 2.75) is 25.5 Å². The number of carbonyl (C=O) groups excluding carboxylic acids is 2. The van der Waals surface area contributed by atoms with Gasteiger partial charge in [0.2, 0.25) is 5.91 Å². The van der Waals surface area contributed by atoms with Gasteiger partial charge in [0.25, 0.3) is 0 Å². The number of rotatable bonds is 6. The highest BCUT2D eigenvalue weighted by molar-refractivity contribution is 5.90. The first kappa shape index (κ1) is 21.9. The van der Waals surface area contributed by atoms with Gasteiger partial charge in [-0.2, -0.15) is 5.10 Å². The van der Waals surface area contributed by atoms with E-state index in [-0.39, 0.29) is 25.0 Å². The number of amides is 2. The summed E-state index contributed by atoms with van der Waals surface area (Å²) in [7, 11) is 0. The van der Waals surface area contributed by atoms with Crippen molar-refractivity contribution in [2.75, 3.05) is 36.0 Å². The van der Waals surface area contributed by atoms with Crippen molar-refractivity contribution >= 4 is 23.4 Å². The zero-order chi connectivity index (χ0) is 23.7. The van der Waals surface area contributed by atoms with Gasteiger partial charge in [0.1, 0.15) is 11.9 Å². The Morgan fingerprint density at radius 1 is 1.21 bits per heavy atom. The van der Waals surface area contributed by atoms with E-state index in [0.717, 1.165) is 17.5 Å². The Hall–Kier alpha value is -3.95. The maximum absolute atomic E-state index is 15.1. The fourth-order valence-electron chi connectivity index (χ4n) is 4.42. The molecule has 4 heterocycles. The summed E-state index contributed by atoms with van der Waals surface area (Å²) in [4.78, 5) is 30.8. The van der Waals surface area contributed by atoms with Gasteiger partial charge in [0.05, 0.1) is 36.7 Å². The molecule has 3 aromatic rings. The van der Waals surface area contributed by atoms with Crippen molar-refractivity contribution in [1.29, 1.82) is 0 Å². The third-order valence-corrected chi connectivity index (χ3v) is 6.19. The zero-order valence-corrected chi connectivity index (χ0v) is 18.7. The predicted octanol–water partition coefficient (Wildman–Crippen LogP) is 3.00. The molecule has 0 bridgehead atoms. The molecule has 2 atom stereocenters. The molecule has 5 rings (SSSR count). The number of aromatic nitrogens is 3. The van der Waals surface area contributed by atoms with E-state index >= 15 is 4.39 Å². The van der Waals surface area contributed by atoms with E-state index < -0.39 is 18.0 Å². The van der Waals surface area contributed by atoms with Gasteiger partial charge in [-0.1, -0.05) is 0 Å². The van der Waals surface area contributed by atoms with Crippen molar-refractivity contribution in [3.8, 4) is 11.1 Å². The zero-order valence-electron chi connectivity index (χ0n) is 18.7. The number of hydrogen-bond acceptors (Lipinski definition) is 6. The van der Waals surface area contributed by atoms with Crippen LogP contribution in [-0.4, -0.2) is 59.0 Å². The topological polar surface area (TPSA) is 92.6 Å². The maximum atomic E-state index is 15.1. The molecular weight excluding hydrogens is 439 g/mol. The van der Waals surface area contributed by atoms with Gasteiger partial charge in [0, 0.05) is 44.2 Å². The standard InChI is InChI=1S/C24H25FN6O3/c1-16(32)27-12-21-15-30(24(33)34-21)19-2-3-23(22(25)10-19)29-9-6-20(14-29)31-13-18(11-28-31)17-4-7-26-8-5-17/h2-5,7-8,10-11,13,20-21H,6,9,12,14-15H2,1H3,(H,27,32)/t20?,21-/m0/s1. The second-order valence-corrected chi connectivity index (χ2v) is 8.52. The first-order valence-corrected chi connectivity index (χ1v) is 11.2. The Bertz CT molecular complexity index is 1200. The number of carbonyl (C=O) groups is 2. The van der Waals surface area contributed by atoms with Crippen LogP contribution in [0.15, 0.2) is 55.1 Å². The number of halogens is 1. The largest absolute Gasteiger partial charge is 0.442 e. The lowest BCUT2D eigenvalue weighted by atomic mass is 10.1. The van der Waals surface area contributed by atoms with Gasteiger partial charge in [-0.05, 0) is 42.3 Å². The fraction of sp³-hybridized carbons (Fsp3) is 0.333. The third kappa shape index (κ3) is 4.43. The van der Waals surface area contributed by atoms with Crippen LogP contribution in [0.4, 0.5) is 20.6 Å². The summed E-state index contributed by atoms with van der Waals surface area (Å²) in [6.07, 6.45) is 7.18. The first-order valence-electron chi connectivity index (χ1n) is 11.2. The third-order valence-electron chi connectivity index (χ3n) is 6.19. The number of ether oxygens (including phenoxy) is 1. The molecule has 10 heteroatoms. The molecule has 2 aliphatic heterocycles. The summed E-state index contributed by atoms with van der Waals surface area (Å²) >= 11 is 0. The van der Waals surface area contributed by atoms with Gasteiger partial charge >= 0.3 is 6.09 Å². The van der Waals surface area contributed by atoms with Crippen molar-refractivity contribution in [3.63, 3.8) is 0 Å². The number of nitrogens with one attached hydrogen (secondary N) is 1. The van der Waals surface area contributed by atoms with Crippen LogP contribution in [-0.2, 0) is 9.53 Å². The molecule has 0 saturated carbocycles. The Morgan fingerprint density at radius 3 is 2.79 bits per heavy atom. The minimum atomic E-state index is -0.549. The summed E-state index contributed by atoms with van der Waals surface area (Å²) in [5, 5.41) is 7.16. The molecule has 1 aromatic carbocycles. The number of cyclic esters (lactones) is 1. The Labute approximate surface area is 196 Å². The molecule has 1 N–H and O–H groups in total. The van der Waals surface area contributed by atoms with E-state index in [1.165, 1.54) is 17.9 Å². The van der Waals surface area contributed by atoms with E-state index in [9.17, 15) is 9.59 Å². The molecule has 0 radical (unpaired) electrons. The lowest BCUT2D eigenvalue weighted by Crippen LogP contribution is -2.33. The highest BCUT2D eigenvalue weighted by atomic mass is 19.1. The SMILES string of the molecule is CC(=O)NC[C@H]1CN(c2ccc(N3CCC(n4cc(-c5ccncc5)cn4)C3)c(F)c2)C(=O)O1. The normalized spacial score (nSPS) is 20.0. The Morgan fingerprint density at radius 2 is 2.03 bits per heavy atom. The van der Waals surface area contributed by atoms with Crippen LogP contribution >= 0.6 is 0 Å². The molecule has 1 unspecified atom stereocenters. The molecule has 2 saturated heterocycles. The minimum absolute atomic E-state index is 0.137. The molecule has 2 amide bonds. The van der Waals surface area contributed by atoms with Crippen molar-refractivity contribution in [2.24, 2.45) is 0 Å². The average Bonchev–Trinajstić information content (AvgIpc) is 3.58. The quantitative estimate of drug-likeness (QED) is 0.603. The van der Waals surface area contributed by atoms with E-state index in [2.05, 4.69) is 15.4 Å². The summed E-state index contributed by atoms with van der Waals surface area (Å²) in [5.74, 6) is -0.591. The second-order valence-electron chi connectivity index (χ2n) is 8.52. The van der Waals surface area contributed by atoms with Gasteiger partial charge in [-0.15, -0.1) is 0 Å². The predicted molar refractivity (Wildman–Crippen MR) is 124 cm³/mol. The fourth-order valence-corrected chi connectivity index (χ4v) is 4.42. The monoisotopic (exact) mass is 464 g/mol. The average molecular weight is 465 g/mol. The lowest BCUT2D eigenvalue weighted by Gasteiger charge is -2.21. The summed E-state index contributed by atoms with van der Waals surface area (Å²) in [6.45, 7) is 3.22. The molecule has 176 valence electrons. The molecule has 0 aliphatic carbocycles. The number of pyridine rings is 1. The minimum Gasteiger partial charge on any atom is -0.442 e. The van der Waals surface area contributed by atoms with Gasteiger partial charge in [-0.25, -0.2) is 9.18 Å². The van der Waals surface area contributed by atoms with Crippen LogP contribution < -0.4 is 15.1 Å². The van der Waals surface area contributed by atoms with Crippen LogP contribution in [0.1, 0.15) is 19.4 Å². The number of nitrogens with zero attached hydrogens (tertiary/aromatic N) is 5. The van der Waals surface area contributed by atoms with Crippen LogP contribution in [0.5, 0.6) is 0 Å². The molecule has 2 fully saturated rings. The Kier molecular flexibility index (Phi) is 5.87. The van der Waals surface area contributed by atoms with Crippen molar-refractivity contribution < 1.29 is 18.7 Å². The highest BCUT2D eigenvalue weighted by Gasteiger charge is 2.33. The molecular formula is C24H25FN6O3. The van der Waals surface area contributed by atoms with Crippen LogP contribution in [0.3, 0.4) is 0 Å². The van der Waals surface area contributed by atoms with Gasteiger partial charge in [-0.3, -0.25) is 19.4 Å². The second kappa shape index (κ2) is 9.12. The maximum Gasteiger partial charge on any atom is 0.414 e. The molecule has 34 heavy (non-hydrogen) atoms. The van der Waals surface area contributed by atoms with Gasteiger partial charge < -0.3 is 15.0 Å². The molecule has 9 nitrogen and oxygen atoms in total. The summed E-state index contributed by atoms with van der Waals surface area (Å²) < 4.78 is 22.3. The van der Waals surface area contributed by atoms with E-state index in [1.54, 1.807) is 24.5 Å². The Balaban J connectivity index is 1.25. The molecule has 0 spiro atoms. The van der Waals surface area contributed by atoms with Crippen molar-refractivity contribution in [3.05, 3.63) is 60.9 Å². The molecule has 2 aliphatic rings. The van der Waals surface area contributed by atoms with E-state index in [4.69, 9.17) is 4.74 Å². The van der Waals surface area contributed by atoms with E-state index in [1.807, 2.05) is 34.1 Å². The number of anilines is 2.